The van der Waals surface area contributed by atoms with Crippen LogP contribution in [0.25, 0.3) is 0 Å². The van der Waals surface area contributed by atoms with Crippen LogP contribution < -0.4 is 5.32 Å². The average molecular weight is 395 g/mol. The summed E-state index contributed by atoms with van der Waals surface area (Å²) in [7, 11) is 0. The third-order valence-corrected chi connectivity index (χ3v) is 4.95. The SMILES string of the molecule is CCCC(=O)N(Cc1ccccc1)C(Cc1ccccc1)C(=O)NCCC(C)C. The van der Waals surface area contributed by atoms with Crippen molar-refractivity contribution in [2.24, 2.45) is 5.92 Å². The van der Waals surface area contributed by atoms with Gasteiger partial charge in [0.05, 0.1) is 0 Å². The summed E-state index contributed by atoms with van der Waals surface area (Å²) in [6.07, 6.45) is 2.64. The molecular formula is C25H34N2O2. The van der Waals surface area contributed by atoms with E-state index in [1.807, 2.05) is 67.6 Å². The van der Waals surface area contributed by atoms with Crippen molar-refractivity contribution < 1.29 is 9.59 Å². The third-order valence-electron chi connectivity index (χ3n) is 4.95. The normalized spacial score (nSPS) is 11.9. The van der Waals surface area contributed by atoms with Crippen molar-refractivity contribution in [3.8, 4) is 0 Å². The summed E-state index contributed by atoms with van der Waals surface area (Å²) >= 11 is 0. The summed E-state index contributed by atoms with van der Waals surface area (Å²) in [5.74, 6) is 0.469. The molecule has 4 heteroatoms. The Hall–Kier alpha value is -2.62. The number of amides is 2. The fraction of sp³-hybridized carbons (Fsp3) is 0.440. The number of benzene rings is 2. The van der Waals surface area contributed by atoms with E-state index < -0.39 is 6.04 Å². The van der Waals surface area contributed by atoms with E-state index in [0.717, 1.165) is 24.0 Å². The summed E-state index contributed by atoms with van der Waals surface area (Å²) in [5, 5.41) is 3.06. The highest BCUT2D eigenvalue weighted by atomic mass is 16.2. The fourth-order valence-corrected chi connectivity index (χ4v) is 3.29. The minimum absolute atomic E-state index is 0.0243. The zero-order chi connectivity index (χ0) is 21.1. The van der Waals surface area contributed by atoms with Gasteiger partial charge in [-0.3, -0.25) is 9.59 Å². The van der Waals surface area contributed by atoms with Gasteiger partial charge in [-0.05, 0) is 29.9 Å². The number of carbonyl (C=O) groups is 2. The maximum atomic E-state index is 13.2. The molecule has 0 aliphatic carbocycles. The van der Waals surface area contributed by atoms with Crippen LogP contribution in [0.5, 0.6) is 0 Å². The smallest absolute Gasteiger partial charge is 0.243 e. The Morgan fingerprint density at radius 3 is 2.07 bits per heavy atom. The molecule has 0 saturated carbocycles. The second kappa shape index (κ2) is 12.1. The molecule has 0 bridgehead atoms. The van der Waals surface area contributed by atoms with Gasteiger partial charge >= 0.3 is 0 Å². The molecule has 1 unspecified atom stereocenters. The first-order valence-electron chi connectivity index (χ1n) is 10.7. The van der Waals surface area contributed by atoms with Crippen LogP contribution in [0, 0.1) is 5.92 Å². The van der Waals surface area contributed by atoms with Gasteiger partial charge in [0.25, 0.3) is 0 Å². The summed E-state index contributed by atoms with van der Waals surface area (Å²) in [6.45, 7) is 7.34. The van der Waals surface area contributed by atoms with Crippen molar-refractivity contribution in [1.29, 1.82) is 0 Å². The van der Waals surface area contributed by atoms with Crippen LogP contribution in [0.15, 0.2) is 60.7 Å². The second-order valence-corrected chi connectivity index (χ2v) is 7.94. The van der Waals surface area contributed by atoms with Crippen molar-refractivity contribution in [1.82, 2.24) is 10.2 Å². The zero-order valence-corrected chi connectivity index (χ0v) is 17.9. The Balaban J connectivity index is 2.27. The molecule has 4 nitrogen and oxygen atoms in total. The van der Waals surface area contributed by atoms with Crippen LogP contribution in [0.3, 0.4) is 0 Å². The maximum absolute atomic E-state index is 13.2. The standard InChI is InChI=1S/C25H34N2O2/c1-4-11-24(28)27(19-22-14-9-6-10-15-22)23(18-21-12-7-5-8-13-21)25(29)26-17-16-20(2)3/h5-10,12-15,20,23H,4,11,16-19H2,1-3H3,(H,26,29). The summed E-state index contributed by atoms with van der Waals surface area (Å²) in [4.78, 5) is 27.9. The highest BCUT2D eigenvalue weighted by Gasteiger charge is 2.29. The number of nitrogens with one attached hydrogen (secondary N) is 1. The predicted octanol–water partition coefficient (Wildman–Crippen LogP) is 4.59. The van der Waals surface area contributed by atoms with Crippen LogP contribution in [0.2, 0.25) is 0 Å². The molecule has 29 heavy (non-hydrogen) atoms. The quantitative estimate of drug-likeness (QED) is 0.606. The number of nitrogens with zero attached hydrogens (tertiary/aromatic N) is 1. The van der Waals surface area contributed by atoms with Crippen LogP contribution in [0.4, 0.5) is 0 Å². The molecule has 2 aromatic rings. The topological polar surface area (TPSA) is 49.4 Å². The van der Waals surface area contributed by atoms with Crippen molar-refractivity contribution in [3.63, 3.8) is 0 Å². The lowest BCUT2D eigenvalue weighted by atomic mass is 10.0. The first-order chi connectivity index (χ1) is 14.0. The lowest BCUT2D eigenvalue weighted by Gasteiger charge is -2.31. The molecule has 0 radical (unpaired) electrons. The number of carbonyl (C=O) groups excluding carboxylic acids is 2. The van der Waals surface area contributed by atoms with E-state index in [-0.39, 0.29) is 11.8 Å². The minimum Gasteiger partial charge on any atom is -0.354 e. The molecule has 0 aromatic heterocycles. The average Bonchev–Trinajstić information content (AvgIpc) is 2.72. The molecule has 0 saturated heterocycles. The molecule has 0 aliphatic heterocycles. The van der Waals surface area contributed by atoms with Crippen LogP contribution in [-0.4, -0.2) is 29.3 Å². The van der Waals surface area contributed by atoms with E-state index in [2.05, 4.69) is 19.2 Å². The molecule has 0 fully saturated rings. The maximum Gasteiger partial charge on any atom is 0.243 e. The molecule has 156 valence electrons. The van der Waals surface area contributed by atoms with Crippen molar-refractivity contribution in [2.45, 2.75) is 59.0 Å². The van der Waals surface area contributed by atoms with Gasteiger partial charge in [-0.25, -0.2) is 0 Å². The van der Waals surface area contributed by atoms with Gasteiger partial charge in [0, 0.05) is 25.9 Å². The van der Waals surface area contributed by atoms with Crippen molar-refractivity contribution >= 4 is 11.8 Å². The Bertz CT molecular complexity index is 744. The van der Waals surface area contributed by atoms with Crippen LogP contribution in [0.1, 0.15) is 51.2 Å². The number of rotatable bonds is 11. The zero-order valence-electron chi connectivity index (χ0n) is 17.9. The Kier molecular flexibility index (Phi) is 9.42. The molecule has 0 heterocycles. The number of hydrogen-bond donors (Lipinski definition) is 1. The first-order valence-corrected chi connectivity index (χ1v) is 10.7. The highest BCUT2D eigenvalue weighted by molar-refractivity contribution is 5.88. The van der Waals surface area contributed by atoms with Gasteiger partial charge in [0.15, 0.2) is 0 Å². The predicted molar refractivity (Wildman–Crippen MR) is 118 cm³/mol. The van der Waals surface area contributed by atoms with Gasteiger partial charge in [-0.2, -0.15) is 0 Å². The monoisotopic (exact) mass is 394 g/mol. The molecule has 1 atom stereocenters. The Morgan fingerprint density at radius 2 is 1.52 bits per heavy atom. The molecule has 2 aromatic carbocycles. The van der Waals surface area contributed by atoms with E-state index in [1.165, 1.54) is 0 Å². The molecule has 0 aliphatic rings. The summed E-state index contributed by atoms with van der Waals surface area (Å²) in [6, 6.07) is 19.3. The Morgan fingerprint density at radius 1 is 0.931 bits per heavy atom. The van der Waals surface area contributed by atoms with Crippen LogP contribution in [-0.2, 0) is 22.6 Å². The fourth-order valence-electron chi connectivity index (χ4n) is 3.29. The van der Waals surface area contributed by atoms with Crippen molar-refractivity contribution in [2.75, 3.05) is 6.54 Å². The van der Waals surface area contributed by atoms with E-state index in [9.17, 15) is 9.59 Å². The van der Waals surface area contributed by atoms with Gasteiger partial charge in [0.2, 0.25) is 11.8 Å². The third kappa shape index (κ3) is 7.72. The summed E-state index contributed by atoms with van der Waals surface area (Å²) in [5.41, 5.74) is 2.09. The molecule has 2 amide bonds. The lowest BCUT2D eigenvalue weighted by molar-refractivity contribution is -0.141. The number of hydrogen-bond acceptors (Lipinski definition) is 2. The second-order valence-electron chi connectivity index (χ2n) is 7.94. The Labute approximate surface area is 175 Å². The molecular weight excluding hydrogens is 360 g/mol. The van der Waals surface area contributed by atoms with Gasteiger partial charge < -0.3 is 10.2 Å². The lowest BCUT2D eigenvalue weighted by Crippen LogP contribution is -2.50. The molecule has 2 rings (SSSR count). The van der Waals surface area contributed by atoms with E-state index in [4.69, 9.17) is 0 Å². The summed E-state index contributed by atoms with van der Waals surface area (Å²) < 4.78 is 0. The van der Waals surface area contributed by atoms with Crippen molar-refractivity contribution in [3.05, 3.63) is 71.8 Å². The van der Waals surface area contributed by atoms with E-state index in [0.29, 0.717) is 31.8 Å². The van der Waals surface area contributed by atoms with E-state index >= 15 is 0 Å². The van der Waals surface area contributed by atoms with Gasteiger partial charge in [-0.1, -0.05) is 81.4 Å². The van der Waals surface area contributed by atoms with E-state index in [1.54, 1.807) is 4.90 Å². The highest BCUT2D eigenvalue weighted by Crippen LogP contribution is 2.16. The minimum atomic E-state index is -0.524. The molecule has 0 spiro atoms. The van der Waals surface area contributed by atoms with Gasteiger partial charge in [-0.15, -0.1) is 0 Å². The largest absolute Gasteiger partial charge is 0.354 e. The van der Waals surface area contributed by atoms with Crippen LogP contribution >= 0.6 is 0 Å². The van der Waals surface area contributed by atoms with Gasteiger partial charge in [0.1, 0.15) is 6.04 Å². The molecule has 1 N–H and O–H groups in total. The first kappa shape index (κ1) is 22.7.